The van der Waals surface area contributed by atoms with Gasteiger partial charge in [-0.15, -0.1) is 0 Å². The summed E-state index contributed by atoms with van der Waals surface area (Å²) in [6.07, 6.45) is 0. The van der Waals surface area contributed by atoms with Gasteiger partial charge in [-0.3, -0.25) is 4.79 Å². The number of nitrogens with one attached hydrogen (secondary N) is 2. The lowest BCUT2D eigenvalue weighted by Crippen LogP contribution is -2.24. The number of fused-ring (bicyclic) bond motifs is 1. The summed E-state index contributed by atoms with van der Waals surface area (Å²) >= 11 is 5.75. The van der Waals surface area contributed by atoms with E-state index in [9.17, 15) is 4.79 Å². The molecule has 3 rings (SSSR count). The lowest BCUT2D eigenvalue weighted by Gasteiger charge is -2.02. The molecule has 0 unspecified atom stereocenters. The molecule has 3 aromatic rings. The minimum atomic E-state index is -0.284. The van der Waals surface area contributed by atoms with Gasteiger partial charge < -0.3 is 10.3 Å². The highest BCUT2D eigenvalue weighted by molar-refractivity contribution is 6.29. The zero-order valence-electron chi connectivity index (χ0n) is 10.4. The van der Waals surface area contributed by atoms with Crippen LogP contribution < -0.4 is 5.32 Å². The number of carbonyl (C=O) groups is 1. The topological polar surface area (TPSA) is 70.7 Å². The van der Waals surface area contributed by atoms with Crippen LogP contribution in [0.5, 0.6) is 0 Å². The fraction of sp³-hybridized carbons (Fsp3) is 0.0714. The first-order valence-corrected chi connectivity index (χ1v) is 6.44. The van der Waals surface area contributed by atoms with Crippen LogP contribution in [0.2, 0.25) is 5.15 Å². The molecular weight excluding hydrogens is 276 g/mol. The molecule has 0 aliphatic rings. The van der Waals surface area contributed by atoms with Crippen LogP contribution in [0.4, 0.5) is 0 Å². The summed E-state index contributed by atoms with van der Waals surface area (Å²) < 4.78 is 0. The molecule has 100 valence electrons. The predicted molar refractivity (Wildman–Crippen MR) is 76.5 cm³/mol. The molecular formula is C14H11ClN4O. The van der Waals surface area contributed by atoms with Gasteiger partial charge in [-0.25, -0.2) is 9.97 Å². The second kappa shape index (κ2) is 5.30. The summed E-state index contributed by atoms with van der Waals surface area (Å²) in [4.78, 5) is 23.4. The van der Waals surface area contributed by atoms with Gasteiger partial charge in [-0.2, -0.15) is 0 Å². The molecule has 0 radical (unpaired) electrons. The molecule has 0 saturated heterocycles. The van der Waals surface area contributed by atoms with Crippen molar-refractivity contribution in [2.45, 2.75) is 6.54 Å². The standard InChI is InChI=1S/C14H11ClN4O/c15-12-7-3-6-11(17-12)14(20)16-8-13-18-9-4-1-2-5-10(9)19-13/h1-7H,8H2,(H,16,20)(H,18,19). The van der Waals surface area contributed by atoms with Crippen molar-refractivity contribution in [2.75, 3.05) is 0 Å². The molecule has 0 atom stereocenters. The number of imidazole rings is 1. The third-order valence-corrected chi connectivity index (χ3v) is 3.01. The highest BCUT2D eigenvalue weighted by Gasteiger charge is 2.08. The molecule has 0 spiro atoms. The largest absolute Gasteiger partial charge is 0.343 e. The van der Waals surface area contributed by atoms with Crippen molar-refractivity contribution in [1.82, 2.24) is 20.3 Å². The van der Waals surface area contributed by atoms with Crippen LogP contribution in [0.3, 0.4) is 0 Å². The first-order chi connectivity index (χ1) is 9.72. The van der Waals surface area contributed by atoms with E-state index in [0.29, 0.717) is 17.5 Å². The van der Waals surface area contributed by atoms with E-state index >= 15 is 0 Å². The lowest BCUT2D eigenvalue weighted by atomic mass is 10.3. The first-order valence-electron chi connectivity index (χ1n) is 6.07. The number of amides is 1. The Morgan fingerprint density at radius 3 is 2.80 bits per heavy atom. The Hall–Kier alpha value is -2.40. The Balaban J connectivity index is 1.71. The zero-order chi connectivity index (χ0) is 13.9. The van der Waals surface area contributed by atoms with Crippen LogP contribution in [0.15, 0.2) is 42.5 Å². The fourth-order valence-corrected chi connectivity index (χ4v) is 2.04. The maximum atomic E-state index is 11.9. The SMILES string of the molecule is O=C(NCc1nc2ccccc2[nH]1)c1cccc(Cl)n1. The van der Waals surface area contributed by atoms with Gasteiger partial charge in [-0.05, 0) is 24.3 Å². The summed E-state index contributed by atoms with van der Waals surface area (Å²) in [5.41, 5.74) is 2.10. The number of rotatable bonds is 3. The van der Waals surface area contributed by atoms with Gasteiger partial charge in [-0.1, -0.05) is 29.8 Å². The van der Waals surface area contributed by atoms with Gasteiger partial charge in [0.25, 0.3) is 5.91 Å². The number of benzene rings is 1. The van der Waals surface area contributed by atoms with Gasteiger partial charge in [0.2, 0.25) is 0 Å². The van der Waals surface area contributed by atoms with E-state index in [1.165, 1.54) is 0 Å². The highest BCUT2D eigenvalue weighted by atomic mass is 35.5. The Kier molecular flexibility index (Phi) is 3.35. The van der Waals surface area contributed by atoms with Crippen LogP contribution in [-0.4, -0.2) is 20.9 Å². The maximum Gasteiger partial charge on any atom is 0.270 e. The molecule has 0 aliphatic carbocycles. The van der Waals surface area contributed by atoms with Crippen molar-refractivity contribution >= 4 is 28.5 Å². The molecule has 6 heteroatoms. The van der Waals surface area contributed by atoms with E-state index in [1.807, 2.05) is 24.3 Å². The van der Waals surface area contributed by atoms with E-state index in [0.717, 1.165) is 11.0 Å². The summed E-state index contributed by atoms with van der Waals surface area (Å²) in [5, 5.41) is 3.04. The second-order valence-corrected chi connectivity index (χ2v) is 4.62. The third kappa shape index (κ3) is 2.62. The summed E-state index contributed by atoms with van der Waals surface area (Å²) in [5.74, 6) is 0.412. The molecule has 1 amide bonds. The average Bonchev–Trinajstić information content (AvgIpc) is 2.87. The van der Waals surface area contributed by atoms with E-state index in [1.54, 1.807) is 18.2 Å². The number of hydrogen-bond donors (Lipinski definition) is 2. The Morgan fingerprint density at radius 1 is 1.15 bits per heavy atom. The first kappa shape index (κ1) is 12.6. The summed E-state index contributed by atoms with van der Waals surface area (Å²) in [7, 11) is 0. The number of aromatic nitrogens is 3. The molecule has 2 N–H and O–H groups in total. The van der Waals surface area contributed by atoms with Crippen molar-refractivity contribution < 1.29 is 4.79 Å². The molecule has 0 aliphatic heterocycles. The van der Waals surface area contributed by atoms with E-state index in [2.05, 4.69) is 20.3 Å². The van der Waals surface area contributed by atoms with Crippen LogP contribution in [0.1, 0.15) is 16.3 Å². The fourth-order valence-electron chi connectivity index (χ4n) is 1.88. The summed E-state index contributed by atoms with van der Waals surface area (Å²) in [6, 6.07) is 12.6. The average molecular weight is 287 g/mol. The summed E-state index contributed by atoms with van der Waals surface area (Å²) in [6.45, 7) is 0.307. The van der Waals surface area contributed by atoms with E-state index < -0.39 is 0 Å². The predicted octanol–water partition coefficient (Wildman–Crippen LogP) is 2.54. The third-order valence-electron chi connectivity index (χ3n) is 2.80. The van der Waals surface area contributed by atoms with Gasteiger partial charge in [0.15, 0.2) is 0 Å². The molecule has 1 aromatic carbocycles. The number of halogens is 1. The number of carbonyl (C=O) groups excluding carboxylic acids is 1. The smallest absolute Gasteiger partial charge is 0.270 e. The molecule has 0 fully saturated rings. The minimum Gasteiger partial charge on any atom is -0.343 e. The van der Waals surface area contributed by atoms with Crippen molar-refractivity contribution in [3.63, 3.8) is 0 Å². The molecule has 20 heavy (non-hydrogen) atoms. The Labute approximate surface area is 120 Å². The Morgan fingerprint density at radius 2 is 2.00 bits per heavy atom. The molecule has 2 aromatic heterocycles. The molecule has 2 heterocycles. The van der Waals surface area contributed by atoms with Gasteiger partial charge >= 0.3 is 0 Å². The van der Waals surface area contributed by atoms with E-state index in [-0.39, 0.29) is 11.6 Å². The van der Waals surface area contributed by atoms with E-state index in [4.69, 9.17) is 11.6 Å². The number of hydrogen-bond acceptors (Lipinski definition) is 3. The van der Waals surface area contributed by atoms with Crippen molar-refractivity contribution in [3.8, 4) is 0 Å². The lowest BCUT2D eigenvalue weighted by molar-refractivity contribution is 0.0945. The number of H-pyrrole nitrogens is 1. The van der Waals surface area contributed by atoms with Crippen LogP contribution in [-0.2, 0) is 6.54 Å². The quantitative estimate of drug-likeness (QED) is 0.727. The van der Waals surface area contributed by atoms with Crippen LogP contribution >= 0.6 is 11.6 Å². The number of para-hydroxylation sites is 2. The minimum absolute atomic E-state index is 0.284. The van der Waals surface area contributed by atoms with Gasteiger partial charge in [0, 0.05) is 0 Å². The number of aromatic amines is 1. The Bertz CT molecular complexity index is 735. The van der Waals surface area contributed by atoms with Crippen molar-refractivity contribution in [1.29, 1.82) is 0 Å². The zero-order valence-corrected chi connectivity index (χ0v) is 11.2. The monoisotopic (exact) mass is 286 g/mol. The van der Waals surface area contributed by atoms with Crippen LogP contribution in [0, 0.1) is 0 Å². The van der Waals surface area contributed by atoms with Gasteiger partial charge in [0.05, 0.1) is 17.6 Å². The normalized spacial score (nSPS) is 10.7. The number of pyridine rings is 1. The molecule has 5 nitrogen and oxygen atoms in total. The van der Waals surface area contributed by atoms with Crippen molar-refractivity contribution in [3.05, 3.63) is 59.1 Å². The molecule has 0 bridgehead atoms. The number of nitrogens with zero attached hydrogens (tertiary/aromatic N) is 2. The second-order valence-electron chi connectivity index (χ2n) is 4.23. The van der Waals surface area contributed by atoms with Crippen LogP contribution in [0.25, 0.3) is 11.0 Å². The van der Waals surface area contributed by atoms with Gasteiger partial charge in [0.1, 0.15) is 16.7 Å². The maximum absolute atomic E-state index is 11.9. The highest BCUT2D eigenvalue weighted by Crippen LogP contribution is 2.10. The van der Waals surface area contributed by atoms with Crippen molar-refractivity contribution in [2.24, 2.45) is 0 Å². The molecule has 0 saturated carbocycles.